The van der Waals surface area contributed by atoms with Gasteiger partial charge in [-0.25, -0.2) is 14.8 Å². The van der Waals surface area contributed by atoms with Crippen molar-refractivity contribution in [2.24, 2.45) is 0 Å². The van der Waals surface area contributed by atoms with Gasteiger partial charge in [-0.3, -0.25) is 4.79 Å². The summed E-state index contributed by atoms with van der Waals surface area (Å²) in [6.45, 7) is 0.362. The quantitative estimate of drug-likeness (QED) is 0.915. The molecule has 6 nitrogen and oxygen atoms in total. The number of carbonyl (C=O) groups excluding carboxylic acids is 1. The van der Waals surface area contributed by atoms with Gasteiger partial charge in [-0.15, -0.1) is 11.3 Å². The molecule has 0 spiro atoms. The molecule has 7 heteroatoms. The van der Waals surface area contributed by atoms with Gasteiger partial charge in [0.1, 0.15) is 11.4 Å². The van der Waals surface area contributed by atoms with E-state index in [-0.39, 0.29) is 17.3 Å². The van der Waals surface area contributed by atoms with E-state index in [1.807, 2.05) is 5.38 Å². The van der Waals surface area contributed by atoms with Crippen molar-refractivity contribution in [2.75, 3.05) is 7.05 Å². The number of carboxylic acid groups (broad SMARTS) is 1. The molecule has 98 valence electrons. The number of pyridine rings is 1. The first-order valence-electron chi connectivity index (χ1n) is 5.41. The fourth-order valence-electron chi connectivity index (χ4n) is 1.50. The van der Waals surface area contributed by atoms with Crippen LogP contribution in [-0.4, -0.2) is 38.9 Å². The second-order valence-electron chi connectivity index (χ2n) is 3.85. The van der Waals surface area contributed by atoms with Gasteiger partial charge in [0.15, 0.2) is 0 Å². The number of aromatic nitrogens is 2. The number of nitrogens with zero attached hydrogens (tertiary/aromatic N) is 3. The fourth-order valence-corrected chi connectivity index (χ4v) is 2.05. The number of hydrogen-bond donors (Lipinski definition) is 1. The van der Waals surface area contributed by atoms with Crippen molar-refractivity contribution in [2.45, 2.75) is 6.54 Å². The smallest absolute Gasteiger partial charge is 0.354 e. The van der Waals surface area contributed by atoms with Gasteiger partial charge in [0.25, 0.3) is 5.91 Å². The summed E-state index contributed by atoms with van der Waals surface area (Å²) in [5.41, 5.74) is 2.44. The van der Waals surface area contributed by atoms with Crippen molar-refractivity contribution in [3.8, 4) is 0 Å². The molecule has 0 unspecified atom stereocenters. The van der Waals surface area contributed by atoms with Crippen LogP contribution in [-0.2, 0) is 6.54 Å². The Hall–Kier alpha value is -2.28. The Morgan fingerprint density at radius 2 is 2.11 bits per heavy atom. The van der Waals surface area contributed by atoms with Crippen molar-refractivity contribution in [3.63, 3.8) is 0 Å². The molecule has 19 heavy (non-hydrogen) atoms. The lowest BCUT2D eigenvalue weighted by molar-refractivity contribution is 0.0690. The molecule has 1 amide bonds. The molecule has 1 N–H and O–H groups in total. The van der Waals surface area contributed by atoms with Crippen LogP contribution in [0.1, 0.15) is 26.7 Å². The minimum absolute atomic E-state index is 0.109. The van der Waals surface area contributed by atoms with E-state index >= 15 is 0 Å². The van der Waals surface area contributed by atoms with Crippen LogP contribution in [0.15, 0.2) is 29.1 Å². The van der Waals surface area contributed by atoms with Gasteiger partial charge in [0, 0.05) is 12.4 Å². The van der Waals surface area contributed by atoms with Gasteiger partial charge < -0.3 is 10.0 Å². The molecule has 0 aliphatic heterocycles. The van der Waals surface area contributed by atoms with Crippen molar-refractivity contribution in [1.82, 2.24) is 14.9 Å². The third-order valence-corrected chi connectivity index (χ3v) is 3.05. The maximum absolute atomic E-state index is 12.1. The topological polar surface area (TPSA) is 83.4 Å². The molecule has 2 rings (SSSR count). The van der Waals surface area contributed by atoms with Gasteiger partial charge >= 0.3 is 5.97 Å². The molecule has 0 atom stereocenters. The first kappa shape index (κ1) is 13.2. The molecule has 2 aromatic rings. The minimum Gasteiger partial charge on any atom is -0.477 e. The van der Waals surface area contributed by atoms with E-state index in [2.05, 4.69) is 9.97 Å². The first-order chi connectivity index (χ1) is 9.08. The number of carboxylic acids is 1. The highest BCUT2D eigenvalue weighted by Crippen LogP contribution is 2.08. The van der Waals surface area contributed by atoms with Crippen LogP contribution in [0.2, 0.25) is 0 Å². The summed E-state index contributed by atoms with van der Waals surface area (Å²) < 4.78 is 0. The number of amides is 1. The van der Waals surface area contributed by atoms with Gasteiger partial charge in [0.2, 0.25) is 0 Å². The lowest BCUT2D eigenvalue weighted by atomic mass is 10.2. The van der Waals surface area contributed by atoms with E-state index in [9.17, 15) is 9.59 Å². The average Bonchev–Trinajstić information content (AvgIpc) is 2.90. The molecular weight excluding hydrogens is 266 g/mol. The fraction of sp³-hybridized carbons (Fsp3) is 0.167. The molecule has 0 saturated heterocycles. The van der Waals surface area contributed by atoms with E-state index < -0.39 is 5.97 Å². The molecule has 0 aromatic carbocycles. The zero-order chi connectivity index (χ0) is 13.8. The van der Waals surface area contributed by atoms with E-state index in [4.69, 9.17) is 5.11 Å². The number of rotatable bonds is 4. The van der Waals surface area contributed by atoms with E-state index in [0.717, 1.165) is 5.69 Å². The summed E-state index contributed by atoms with van der Waals surface area (Å²) in [5.74, 6) is -1.49. The third kappa shape index (κ3) is 3.14. The Balaban J connectivity index is 2.14. The van der Waals surface area contributed by atoms with Crippen LogP contribution in [0, 0.1) is 0 Å². The number of carbonyl (C=O) groups is 2. The standard InChI is InChI=1S/C12H11N3O3S/c1-15(5-8-6-19-7-13-8)11(16)9-3-2-4-10(14-9)12(17)18/h2-4,6-7H,5H2,1H3,(H,17,18). The highest BCUT2D eigenvalue weighted by molar-refractivity contribution is 7.07. The predicted molar refractivity (Wildman–Crippen MR) is 69.1 cm³/mol. The molecule has 0 bridgehead atoms. The second-order valence-corrected chi connectivity index (χ2v) is 4.57. The van der Waals surface area contributed by atoms with Crippen molar-refractivity contribution in [1.29, 1.82) is 0 Å². The van der Waals surface area contributed by atoms with Crippen LogP contribution in [0.3, 0.4) is 0 Å². The Morgan fingerprint density at radius 3 is 2.74 bits per heavy atom. The first-order valence-corrected chi connectivity index (χ1v) is 6.35. The second kappa shape index (κ2) is 5.57. The normalized spacial score (nSPS) is 10.2. The molecule has 2 aromatic heterocycles. The highest BCUT2D eigenvalue weighted by Gasteiger charge is 2.16. The van der Waals surface area contributed by atoms with Crippen LogP contribution in [0.5, 0.6) is 0 Å². The lowest BCUT2D eigenvalue weighted by Crippen LogP contribution is -2.27. The summed E-state index contributed by atoms with van der Waals surface area (Å²) in [6.07, 6.45) is 0. The predicted octanol–water partition coefficient (Wildman–Crippen LogP) is 1.51. The van der Waals surface area contributed by atoms with E-state index in [1.165, 1.54) is 34.4 Å². The molecule has 0 radical (unpaired) electrons. The summed E-state index contributed by atoms with van der Waals surface area (Å²) in [5, 5.41) is 10.7. The molecule has 0 aliphatic carbocycles. The Labute approximate surface area is 113 Å². The largest absolute Gasteiger partial charge is 0.477 e. The van der Waals surface area contributed by atoms with Gasteiger partial charge in [-0.05, 0) is 12.1 Å². The third-order valence-electron chi connectivity index (χ3n) is 2.42. The van der Waals surface area contributed by atoms with Crippen LogP contribution in [0.4, 0.5) is 0 Å². The average molecular weight is 277 g/mol. The molecular formula is C12H11N3O3S. The van der Waals surface area contributed by atoms with E-state index in [0.29, 0.717) is 6.54 Å². The van der Waals surface area contributed by atoms with Crippen LogP contribution < -0.4 is 0 Å². The Kier molecular flexibility index (Phi) is 3.86. The zero-order valence-electron chi connectivity index (χ0n) is 10.1. The summed E-state index contributed by atoms with van der Waals surface area (Å²) in [7, 11) is 1.62. The van der Waals surface area contributed by atoms with Crippen LogP contribution >= 0.6 is 11.3 Å². The molecule has 2 heterocycles. The molecule has 0 fully saturated rings. The summed E-state index contributed by atoms with van der Waals surface area (Å²) in [6, 6.07) is 4.34. The number of hydrogen-bond acceptors (Lipinski definition) is 5. The van der Waals surface area contributed by atoms with Crippen molar-refractivity contribution in [3.05, 3.63) is 46.2 Å². The Bertz CT molecular complexity index is 598. The lowest BCUT2D eigenvalue weighted by Gasteiger charge is -2.15. The molecule has 0 aliphatic rings. The maximum atomic E-state index is 12.1. The molecule has 0 saturated carbocycles. The Morgan fingerprint density at radius 1 is 1.37 bits per heavy atom. The SMILES string of the molecule is CN(Cc1cscn1)C(=O)c1cccc(C(=O)O)n1. The van der Waals surface area contributed by atoms with Gasteiger partial charge in [-0.1, -0.05) is 6.07 Å². The number of thiazole rings is 1. The van der Waals surface area contributed by atoms with E-state index in [1.54, 1.807) is 12.6 Å². The van der Waals surface area contributed by atoms with Gasteiger partial charge in [-0.2, -0.15) is 0 Å². The monoisotopic (exact) mass is 277 g/mol. The number of aromatic carboxylic acids is 1. The zero-order valence-corrected chi connectivity index (χ0v) is 10.9. The minimum atomic E-state index is -1.16. The highest BCUT2D eigenvalue weighted by atomic mass is 32.1. The van der Waals surface area contributed by atoms with Crippen molar-refractivity contribution >= 4 is 23.2 Å². The van der Waals surface area contributed by atoms with Crippen molar-refractivity contribution < 1.29 is 14.7 Å². The summed E-state index contributed by atoms with van der Waals surface area (Å²) >= 11 is 1.45. The maximum Gasteiger partial charge on any atom is 0.354 e. The van der Waals surface area contributed by atoms with Gasteiger partial charge in [0.05, 0.1) is 17.7 Å². The van der Waals surface area contributed by atoms with Crippen LogP contribution in [0.25, 0.3) is 0 Å². The summed E-state index contributed by atoms with van der Waals surface area (Å²) in [4.78, 5) is 32.2.